The van der Waals surface area contributed by atoms with Crippen molar-refractivity contribution in [2.45, 2.75) is 26.0 Å². The molecule has 0 aliphatic carbocycles. The summed E-state index contributed by atoms with van der Waals surface area (Å²) in [5.41, 5.74) is 4.49. The molecule has 0 bridgehead atoms. The number of carbonyl (C=O) groups is 2. The molecule has 0 N–H and O–H groups in total. The monoisotopic (exact) mass is 398 g/mol. The van der Waals surface area contributed by atoms with Crippen LogP contribution >= 0.6 is 0 Å². The molecule has 0 saturated carbocycles. The topological polar surface area (TPSA) is 49.9 Å². The van der Waals surface area contributed by atoms with Crippen LogP contribution in [0.5, 0.6) is 0 Å². The molecule has 0 aromatic heterocycles. The Morgan fingerprint density at radius 2 is 1.43 bits per heavy atom. The van der Waals surface area contributed by atoms with Gasteiger partial charge in [0.1, 0.15) is 5.92 Å². The minimum Gasteiger partial charge on any atom is -0.273 e. The van der Waals surface area contributed by atoms with Crippen molar-refractivity contribution >= 4 is 23.2 Å². The Morgan fingerprint density at radius 3 is 2.13 bits per heavy atom. The van der Waals surface area contributed by atoms with E-state index in [4.69, 9.17) is 4.84 Å². The second kappa shape index (κ2) is 7.11. The number of para-hydroxylation sites is 1. The summed E-state index contributed by atoms with van der Waals surface area (Å²) < 4.78 is 0. The lowest BCUT2D eigenvalue weighted by Crippen LogP contribution is -2.37. The zero-order valence-electron chi connectivity index (χ0n) is 16.9. The number of benzene rings is 3. The lowest BCUT2D eigenvalue weighted by Gasteiger charge is -2.28. The minimum absolute atomic E-state index is 0.223. The highest BCUT2D eigenvalue weighted by atomic mass is 16.7. The van der Waals surface area contributed by atoms with Crippen LogP contribution in [0.4, 0.5) is 11.4 Å². The van der Waals surface area contributed by atoms with Gasteiger partial charge >= 0.3 is 0 Å². The van der Waals surface area contributed by atoms with Crippen LogP contribution in [0.2, 0.25) is 0 Å². The first-order valence-corrected chi connectivity index (χ1v) is 10.1. The van der Waals surface area contributed by atoms with Crippen molar-refractivity contribution in [3.05, 3.63) is 95.6 Å². The van der Waals surface area contributed by atoms with E-state index < -0.39 is 12.0 Å². The summed E-state index contributed by atoms with van der Waals surface area (Å²) >= 11 is 0. The summed E-state index contributed by atoms with van der Waals surface area (Å²) in [6, 6.07) is 24.7. The molecule has 2 aliphatic rings. The number of hydrogen-bond donors (Lipinski definition) is 0. The average molecular weight is 398 g/mol. The molecule has 5 rings (SSSR count). The van der Waals surface area contributed by atoms with Crippen molar-refractivity contribution in [3.8, 4) is 0 Å². The zero-order valence-corrected chi connectivity index (χ0v) is 16.9. The van der Waals surface area contributed by atoms with Gasteiger partial charge < -0.3 is 0 Å². The van der Waals surface area contributed by atoms with Gasteiger partial charge in [-0.1, -0.05) is 60.2 Å². The summed E-state index contributed by atoms with van der Waals surface area (Å²) in [6.07, 6.45) is -0.843. The summed E-state index contributed by atoms with van der Waals surface area (Å²) in [7, 11) is 0. The number of fused-ring (bicyclic) bond motifs is 1. The largest absolute Gasteiger partial charge is 0.273 e. The fourth-order valence-corrected chi connectivity index (χ4v) is 4.34. The van der Waals surface area contributed by atoms with Crippen LogP contribution in [0.3, 0.4) is 0 Å². The van der Waals surface area contributed by atoms with Crippen LogP contribution in [0, 0.1) is 19.8 Å². The molecular weight excluding hydrogens is 376 g/mol. The first kappa shape index (κ1) is 18.6. The van der Waals surface area contributed by atoms with Crippen LogP contribution in [-0.2, 0) is 14.4 Å². The fourth-order valence-electron chi connectivity index (χ4n) is 4.34. The molecule has 30 heavy (non-hydrogen) atoms. The van der Waals surface area contributed by atoms with E-state index in [2.05, 4.69) is 0 Å². The number of carbonyl (C=O) groups excluding carboxylic acids is 2. The molecule has 3 aromatic carbocycles. The van der Waals surface area contributed by atoms with E-state index >= 15 is 0 Å². The molecule has 0 unspecified atom stereocenters. The molecule has 2 amide bonds. The predicted octanol–water partition coefficient (Wildman–Crippen LogP) is 4.35. The number of nitrogens with zero attached hydrogens (tertiary/aromatic N) is 2. The molecule has 2 saturated heterocycles. The van der Waals surface area contributed by atoms with Gasteiger partial charge in [0.2, 0.25) is 5.91 Å². The third-order valence-corrected chi connectivity index (χ3v) is 5.80. The zero-order chi connectivity index (χ0) is 20.8. The number of hydrogen-bond acceptors (Lipinski definition) is 4. The molecule has 0 spiro atoms. The van der Waals surface area contributed by atoms with Crippen molar-refractivity contribution in [2.24, 2.45) is 5.92 Å². The van der Waals surface area contributed by atoms with Crippen LogP contribution < -0.4 is 9.96 Å². The first-order chi connectivity index (χ1) is 14.5. The molecule has 3 atom stereocenters. The second-order valence-corrected chi connectivity index (χ2v) is 7.92. The van der Waals surface area contributed by atoms with Gasteiger partial charge in [0, 0.05) is 0 Å². The normalized spacial score (nSPS) is 23.2. The Labute approximate surface area is 175 Å². The van der Waals surface area contributed by atoms with E-state index in [9.17, 15) is 9.59 Å². The standard InChI is InChI=1S/C25H22N2O3/c1-16-11-13-18(14-12-16)22-21-23(30-27(22)19-8-4-3-5-9-19)25(29)26(24(21)28)20-10-6-7-17(2)15-20/h3-15,21-23H,1-2H3/t21-,22+,23-/m1/s1. The second-order valence-electron chi connectivity index (χ2n) is 7.92. The Balaban J connectivity index is 1.59. The van der Waals surface area contributed by atoms with Gasteiger partial charge in [-0.15, -0.1) is 0 Å². The van der Waals surface area contributed by atoms with Gasteiger partial charge in [0.25, 0.3) is 5.91 Å². The lowest BCUT2D eigenvalue weighted by atomic mass is 9.90. The van der Waals surface area contributed by atoms with Crippen LogP contribution in [0.25, 0.3) is 0 Å². The number of aryl methyl sites for hydroxylation is 2. The molecule has 3 aromatic rings. The molecule has 5 nitrogen and oxygen atoms in total. The van der Waals surface area contributed by atoms with Crippen molar-refractivity contribution in [1.82, 2.24) is 0 Å². The van der Waals surface area contributed by atoms with Gasteiger partial charge in [-0.25, -0.2) is 9.96 Å². The number of amides is 2. The Kier molecular flexibility index (Phi) is 4.40. The number of imide groups is 1. The Bertz CT molecular complexity index is 1110. The predicted molar refractivity (Wildman–Crippen MR) is 115 cm³/mol. The van der Waals surface area contributed by atoms with Gasteiger partial charge in [-0.05, 0) is 49.2 Å². The molecule has 150 valence electrons. The maximum atomic E-state index is 13.5. The van der Waals surface area contributed by atoms with Crippen LogP contribution in [0.15, 0.2) is 78.9 Å². The fraction of sp³-hybridized carbons (Fsp3) is 0.200. The smallest absolute Gasteiger partial charge is 0.266 e. The van der Waals surface area contributed by atoms with Crippen molar-refractivity contribution < 1.29 is 14.4 Å². The molecule has 0 radical (unpaired) electrons. The molecule has 5 heteroatoms. The SMILES string of the molecule is Cc1ccc([C@H]2[C@H]3C(=O)N(c4cccc(C)c4)C(=O)[C@@H]3ON2c2ccccc2)cc1. The summed E-state index contributed by atoms with van der Waals surface area (Å²) in [5, 5.41) is 1.73. The number of rotatable bonds is 3. The highest BCUT2D eigenvalue weighted by molar-refractivity contribution is 6.23. The number of hydroxylamine groups is 1. The molecular formula is C25H22N2O3. The highest BCUT2D eigenvalue weighted by Gasteiger charge is 2.60. The maximum absolute atomic E-state index is 13.5. The molecule has 2 aliphatic heterocycles. The van der Waals surface area contributed by atoms with Gasteiger partial charge in [-0.2, -0.15) is 0 Å². The van der Waals surface area contributed by atoms with Gasteiger partial charge in [0.05, 0.1) is 17.4 Å². The van der Waals surface area contributed by atoms with Crippen LogP contribution in [0.1, 0.15) is 22.7 Å². The van der Waals surface area contributed by atoms with E-state index in [1.54, 1.807) is 11.1 Å². The third-order valence-electron chi connectivity index (χ3n) is 5.80. The summed E-state index contributed by atoms with van der Waals surface area (Å²) in [6.45, 7) is 3.97. The third kappa shape index (κ3) is 2.90. The average Bonchev–Trinajstić information content (AvgIpc) is 3.26. The van der Waals surface area contributed by atoms with Crippen molar-refractivity contribution in [3.63, 3.8) is 0 Å². The Hall–Kier alpha value is -3.44. The quantitative estimate of drug-likeness (QED) is 0.616. The molecule has 2 fully saturated rings. The maximum Gasteiger partial charge on any atom is 0.266 e. The van der Waals surface area contributed by atoms with E-state index in [1.807, 2.05) is 86.6 Å². The van der Waals surface area contributed by atoms with Crippen molar-refractivity contribution in [1.29, 1.82) is 0 Å². The molecule has 2 heterocycles. The van der Waals surface area contributed by atoms with E-state index in [-0.39, 0.29) is 17.9 Å². The van der Waals surface area contributed by atoms with E-state index in [0.717, 1.165) is 22.4 Å². The highest BCUT2D eigenvalue weighted by Crippen LogP contribution is 2.47. The van der Waals surface area contributed by atoms with Crippen molar-refractivity contribution in [2.75, 3.05) is 9.96 Å². The Morgan fingerprint density at radius 1 is 0.733 bits per heavy atom. The minimum atomic E-state index is -0.843. The first-order valence-electron chi connectivity index (χ1n) is 10.1. The lowest BCUT2D eigenvalue weighted by molar-refractivity contribution is -0.126. The van der Waals surface area contributed by atoms with E-state index in [1.165, 1.54) is 4.90 Å². The van der Waals surface area contributed by atoms with Crippen LogP contribution in [-0.4, -0.2) is 17.9 Å². The van der Waals surface area contributed by atoms with Gasteiger partial charge in [-0.3, -0.25) is 14.4 Å². The van der Waals surface area contributed by atoms with Gasteiger partial charge in [0.15, 0.2) is 6.10 Å². The summed E-state index contributed by atoms with van der Waals surface area (Å²) in [4.78, 5) is 34.2. The summed E-state index contributed by atoms with van der Waals surface area (Å²) in [5.74, 6) is -1.15. The van der Waals surface area contributed by atoms with E-state index in [0.29, 0.717) is 5.69 Å². The number of anilines is 2.